The molecule has 0 spiro atoms. The van der Waals surface area contributed by atoms with Gasteiger partial charge in [-0.05, 0) is 51.4 Å². The normalized spacial score (nSPS) is 13.3. The highest BCUT2D eigenvalue weighted by atomic mass is 16.6. The molecule has 60 heavy (non-hydrogen) atoms. The van der Waals surface area contributed by atoms with Crippen molar-refractivity contribution in [2.45, 2.75) is 225 Å². The van der Waals surface area contributed by atoms with Crippen LogP contribution in [0.15, 0.2) is 48.6 Å². The molecule has 2 unspecified atom stereocenters. The summed E-state index contributed by atoms with van der Waals surface area (Å²) in [4.78, 5) is 37.1. The summed E-state index contributed by atoms with van der Waals surface area (Å²) in [6.45, 7) is 4.62. The first kappa shape index (κ1) is 57.3. The number of carbonyl (C=O) groups is 3. The molecule has 0 bridgehead atoms. The van der Waals surface area contributed by atoms with E-state index in [0.717, 1.165) is 77.0 Å². The Bertz CT molecular complexity index is 1120. The van der Waals surface area contributed by atoms with Crippen LogP contribution in [0.25, 0.3) is 0 Å². The Balaban J connectivity index is 4.29. The summed E-state index contributed by atoms with van der Waals surface area (Å²) in [5.41, 5.74) is 0. The third kappa shape index (κ3) is 40.7. The second-order valence-corrected chi connectivity index (χ2v) is 17.7. The predicted octanol–water partition coefficient (Wildman–Crippen LogP) is 14.0. The maximum absolute atomic E-state index is 12.8. The van der Waals surface area contributed by atoms with Gasteiger partial charge in [-0.2, -0.15) is 0 Å². The lowest BCUT2D eigenvalue weighted by atomic mass is 10.0. The number of hydrogen-bond donors (Lipinski definition) is 1. The van der Waals surface area contributed by atoms with Crippen LogP contribution >= 0.6 is 0 Å². The first-order valence-electron chi connectivity index (χ1n) is 24.7. The number of carboxylic acids is 1. The van der Waals surface area contributed by atoms with Gasteiger partial charge in [-0.25, -0.2) is 4.79 Å². The van der Waals surface area contributed by atoms with Crippen LogP contribution in [0.4, 0.5) is 0 Å². The van der Waals surface area contributed by atoms with Gasteiger partial charge in [-0.3, -0.25) is 9.59 Å². The number of carbonyl (C=O) groups excluding carboxylic acids is 2. The summed E-state index contributed by atoms with van der Waals surface area (Å²) in [5, 5.41) is 9.64. The third-order valence-corrected chi connectivity index (χ3v) is 11.0. The van der Waals surface area contributed by atoms with Crippen LogP contribution in [-0.4, -0.2) is 80.6 Å². The number of rotatable bonds is 44. The van der Waals surface area contributed by atoms with Gasteiger partial charge in [-0.1, -0.05) is 191 Å². The zero-order valence-electron chi connectivity index (χ0n) is 39.7. The van der Waals surface area contributed by atoms with Crippen LogP contribution in [0, 0.1) is 0 Å². The minimum atomic E-state index is -0.878. The smallest absolute Gasteiger partial charge is 0.362 e. The molecule has 0 aromatic carbocycles. The summed E-state index contributed by atoms with van der Waals surface area (Å²) in [6.07, 6.45) is 51.6. The van der Waals surface area contributed by atoms with E-state index in [1.807, 2.05) is 21.1 Å². The van der Waals surface area contributed by atoms with E-state index in [4.69, 9.17) is 14.2 Å². The first-order valence-corrected chi connectivity index (χ1v) is 24.7. The number of aliphatic carboxylic acids is 1. The Labute approximate surface area is 369 Å². The molecule has 0 aliphatic heterocycles. The monoisotopic (exact) mass is 845 g/mol. The Morgan fingerprint density at radius 2 is 0.933 bits per heavy atom. The van der Waals surface area contributed by atoms with Crippen LogP contribution in [0.1, 0.15) is 213 Å². The van der Waals surface area contributed by atoms with Gasteiger partial charge in [0.15, 0.2) is 12.1 Å². The lowest BCUT2D eigenvalue weighted by Crippen LogP contribution is -2.50. The van der Waals surface area contributed by atoms with Crippen LogP contribution < -0.4 is 0 Å². The number of ether oxygens (including phenoxy) is 3. The SMILES string of the molecule is CC/C=C\C/C=C\C/C=C\C/C=C\CCCCCCC(=O)OC(COCCC(C(=O)O)[N+](C)(C)C)COC(=O)CCCCCCCCCCCCCCCCCCCCC. The number of unbranched alkanes of at least 4 members (excludes halogenated alkanes) is 22. The van der Waals surface area contributed by atoms with Crippen molar-refractivity contribution in [2.24, 2.45) is 0 Å². The van der Waals surface area contributed by atoms with Gasteiger partial charge in [0, 0.05) is 19.3 Å². The van der Waals surface area contributed by atoms with E-state index in [1.54, 1.807) is 0 Å². The van der Waals surface area contributed by atoms with Crippen molar-refractivity contribution in [3.8, 4) is 0 Å². The van der Waals surface area contributed by atoms with Crippen molar-refractivity contribution < 1.29 is 38.2 Å². The topological polar surface area (TPSA) is 99.1 Å². The average Bonchev–Trinajstić information content (AvgIpc) is 3.21. The largest absolute Gasteiger partial charge is 0.477 e. The van der Waals surface area contributed by atoms with Crippen LogP contribution in [0.2, 0.25) is 0 Å². The molecule has 0 aromatic heterocycles. The molecule has 2 atom stereocenters. The Morgan fingerprint density at radius 3 is 1.38 bits per heavy atom. The van der Waals surface area contributed by atoms with Crippen LogP contribution in [-0.2, 0) is 28.6 Å². The van der Waals surface area contributed by atoms with Crippen molar-refractivity contribution in [2.75, 3.05) is 41.0 Å². The fourth-order valence-corrected chi connectivity index (χ4v) is 7.20. The molecule has 0 aliphatic rings. The standard InChI is InChI=1S/C52H93NO7/c1-6-8-10-12-14-16-18-20-22-24-25-27-28-30-32-34-36-38-40-42-50(54)59-47-48(46-58-45-44-49(52(56)57)53(3,4)5)60-51(55)43-41-39-37-35-33-31-29-26-23-21-19-17-15-13-11-9-7-2/h9,11,15,17,21,23,29,31,48-49H,6-8,10,12-14,16,18-20,22,24-28,30,32-47H2,1-5H3/p+1/b11-9-,17-15-,23-21-,31-29-. The summed E-state index contributed by atoms with van der Waals surface area (Å²) < 4.78 is 17.3. The summed E-state index contributed by atoms with van der Waals surface area (Å²) in [7, 11) is 5.52. The van der Waals surface area contributed by atoms with Gasteiger partial charge in [0.25, 0.3) is 0 Å². The number of quaternary nitrogens is 1. The van der Waals surface area contributed by atoms with Crippen molar-refractivity contribution in [3.05, 3.63) is 48.6 Å². The van der Waals surface area contributed by atoms with Gasteiger partial charge in [0.1, 0.15) is 6.61 Å². The molecule has 0 radical (unpaired) electrons. The second-order valence-electron chi connectivity index (χ2n) is 17.7. The minimum absolute atomic E-state index is 0.0522. The number of nitrogens with zero attached hydrogens (tertiary/aromatic N) is 1. The van der Waals surface area contributed by atoms with Gasteiger partial charge in [0.2, 0.25) is 0 Å². The molecule has 8 nitrogen and oxygen atoms in total. The lowest BCUT2D eigenvalue weighted by Gasteiger charge is -2.31. The number of esters is 2. The van der Waals surface area contributed by atoms with E-state index in [0.29, 0.717) is 19.3 Å². The summed E-state index contributed by atoms with van der Waals surface area (Å²) >= 11 is 0. The molecule has 0 aromatic rings. The fraction of sp³-hybridized carbons (Fsp3) is 0.788. The summed E-state index contributed by atoms with van der Waals surface area (Å²) in [5.74, 6) is -1.49. The fourth-order valence-electron chi connectivity index (χ4n) is 7.20. The Kier molecular flexibility index (Phi) is 41.0. The third-order valence-electron chi connectivity index (χ3n) is 11.0. The first-order chi connectivity index (χ1) is 29.1. The average molecular weight is 845 g/mol. The highest BCUT2D eigenvalue weighted by molar-refractivity contribution is 5.72. The quantitative estimate of drug-likeness (QED) is 0.0282. The van der Waals surface area contributed by atoms with Crippen LogP contribution in [0.5, 0.6) is 0 Å². The van der Waals surface area contributed by atoms with E-state index in [9.17, 15) is 19.5 Å². The Hall–Kier alpha value is -2.71. The van der Waals surface area contributed by atoms with E-state index in [1.165, 1.54) is 103 Å². The maximum Gasteiger partial charge on any atom is 0.362 e. The molecule has 8 heteroatoms. The van der Waals surface area contributed by atoms with E-state index in [-0.39, 0.29) is 36.2 Å². The van der Waals surface area contributed by atoms with Gasteiger partial charge < -0.3 is 23.8 Å². The molecule has 0 saturated heterocycles. The molecular formula is C52H94NO7+. The van der Waals surface area contributed by atoms with Crippen molar-refractivity contribution in [1.82, 2.24) is 0 Å². The molecule has 1 N–H and O–H groups in total. The molecule has 0 heterocycles. The highest BCUT2D eigenvalue weighted by Gasteiger charge is 2.31. The van der Waals surface area contributed by atoms with E-state index in [2.05, 4.69) is 62.5 Å². The molecule has 0 amide bonds. The maximum atomic E-state index is 12.8. The van der Waals surface area contributed by atoms with E-state index < -0.39 is 18.1 Å². The highest BCUT2D eigenvalue weighted by Crippen LogP contribution is 2.16. The molecule has 0 saturated carbocycles. The second kappa shape index (κ2) is 43.0. The van der Waals surface area contributed by atoms with Crippen molar-refractivity contribution in [1.29, 1.82) is 0 Å². The van der Waals surface area contributed by atoms with Crippen molar-refractivity contribution >= 4 is 17.9 Å². The minimum Gasteiger partial charge on any atom is -0.477 e. The number of hydrogen-bond acceptors (Lipinski definition) is 6. The number of allylic oxidation sites excluding steroid dienone is 8. The number of carboxylic acid groups (broad SMARTS) is 1. The predicted molar refractivity (Wildman–Crippen MR) is 252 cm³/mol. The molecule has 0 fully saturated rings. The summed E-state index contributed by atoms with van der Waals surface area (Å²) in [6, 6.07) is -0.619. The zero-order valence-corrected chi connectivity index (χ0v) is 39.7. The van der Waals surface area contributed by atoms with Crippen molar-refractivity contribution in [3.63, 3.8) is 0 Å². The van der Waals surface area contributed by atoms with Gasteiger partial charge in [-0.15, -0.1) is 0 Å². The molecule has 0 aliphatic carbocycles. The van der Waals surface area contributed by atoms with Crippen LogP contribution in [0.3, 0.4) is 0 Å². The number of likely N-dealkylation sites (N-methyl/N-ethyl adjacent to an activating group) is 1. The van der Waals surface area contributed by atoms with E-state index >= 15 is 0 Å². The molecular weight excluding hydrogens is 751 g/mol. The van der Waals surface area contributed by atoms with Gasteiger partial charge >= 0.3 is 17.9 Å². The zero-order chi connectivity index (χ0) is 44.2. The van der Waals surface area contributed by atoms with Gasteiger partial charge in [0.05, 0.1) is 34.4 Å². The molecule has 348 valence electrons. The molecule has 0 rings (SSSR count). The Morgan fingerprint density at radius 1 is 0.517 bits per heavy atom. The lowest BCUT2D eigenvalue weighted by molar-refractivity contribution is -0.887.